The number of hydrogen-bond donors (Lipinski definition) is 2. The Hall–Kier alpha value is -1.18. The molecule has 2 N–H and O–H groups in total. The second-order valence-corrected chi connectivity index (χ2v) is 5.17. The molecule has 2 aromatic rings. The minimum absolute atomic E-state index is 0.179. The van der Waals surface area contributed by atoms with E-state index in [2.05, 4.69) is 20.9 Å². The molecule has 1 heterocycles. The lowest BCUT2D eigenvalue weighted by molar-refractivity contribution is -0.140. The molecule has 0 aliphatic carbocycles. The van der Waals surface area contributed by atoms with Gasteiger partial charge < -0.3 is 10.2 Å². The molecule has 108 valence electrons. The first kappa shape index (κ1) is 15.2. The Labute approximate surface area is 121 Å². The minimum atomic E-state index is -4.50. The molecule has 0 aliphatic rings. The number of aliphatic hydroxyl groups is 2. The SMILES string of the molecule is Cc1cc2nc(C(F)(F)F)ccc2c(Br)c1[C@H](O)CO. The Bertz CT molecular complexity index is 658. The molecule has 1 aromatic heterocycles. The second-order valence-electron chi connectivity index (χ2n) is 4.38. The number of nitrogens with zero attached hydrogens (tertiary/aromatic N) is 1. The van der Waals surface area contributed by atoms with Crippen LogP contribution in [0.15, 0.2) is 22.7 Å². The molecule has 20 heavy (non-hydrogen) atoms. The Balaban J connectivity index is 2.70. The zero-order valence-electron chi connectivity index (χ0n) is 10.4. The van der Waals surface area contributed by atoms with Crippen molar-refractivity contribution in [2.24, 2.45) is 0 Å². The van der Waals surface area contributed by atoms with E-state index in [9.17, 15) is 18.3 Å². The molecule has 0 spiro atoms. The highest BCUT2D eigenvalue weighted by atomic mass is 79.9. The van der Waals surface area contributed by atoms with Crippen molar-refractivity contribution in [1.82, 2.24) is 4.98 Å². The summed E-state index contributed by atoms with van der Waals surface area (Å²) >= 11 is 3.26. The fourth-order valence-corrected chi connectivity index (χ4v) is 2.94. The number of rotatable bonds is 2. The minimum Gasteiger partial charge on any atom is -0.393 e. The van der Waals surface area contributed by atoms with Crippen molar-refractivity contribution in [2.45, 2.75) is 19.2 Å². The monoisotopic (exact) mass is 349 g/mol. The Morgan fingerprint density at radius 3 is 2.55 bits per heavy atom. The quantitative estimate of drug-likeness (QED) is 0.874. The first-order valence-electron chi connectivity index (χ1n) is 5.71. The maximum absolute atomic E-state index is 12.6. The van der Waals surface area contributed by atoms with Gasteiger partial charge in [0.05, 0.1) is 12.1 Å². The fraction of sp³-hybridized carbons (Fsp3) is 0.308. The van der Waals surface area contributed by atoms with E-state index < -0.39 is 24.6 Å². The van der Waals surface area contributed by atoms with Gasteiger partial charge in [-0.25, -0.2) is 4.98 Å². The number of aromatic nitrogens is 1. The number of aliphatic hydroxyl groups excluding tert-OH is 2. The molecular weight excluding hydrogens is 339 g/mol. The molecule has 0 aliphatic heterocycles. The first-order valence-corrected chi connectivity index (χ1v) is 6.51. The van der Waals surface area contributed by atoms with Crippen molar-refractivity contribution in [3.05, 3.63) is 39.5 Å². The summed E-state index contributed by atoms with van der Waals surface area (Å²) in [5.41, 5.74) is 0.212. The molecule has 3 nitrogen and oxygen atoms in total. The van der Waals surface area contributed by atoms with Gasteiger partial charge in [0.2, 0.25) is 0 Å². The van der Waals surface area contributed by atoms with Crippen LogP contribution in [0.1, 0.15) is 22.9 Å². The topological polar surface area (TPSA) is 53.4 Å². The number of pyridine rings is 1. The average molecular weight is 350 g/mol. The van der Waals surface area contributed by atoms with Gasteiger partial charge in [0.15, 0.2) is 0 Å². The van der Waals surface area contributed by atoms with E-state index in [0.29, 0.717) is 21.0 Å². The number of aryl methyl sites for hydroxylation is 1. The van der Waals surface area contributed by atoms with E-state index in [1.165, 1.54) is 12.1 Å². The molecule has 2 rings (SSSR count). The predicted molar refractivity (Wildman–Crippen MR) is 71.2 cm³/mol. The van der Waals surface area contributed by atoms with Crippen LogP contribution in [0.25, 0.3) is 10.9 Å². The van der Waals surface area contributed by atoms with Gasteiger partial charge in [-0.3, -0.25) is 0 Å². The summed E-state index contributed by atoms with van der Waals surface area (Å²) < 4.78 is 38.3. The molecular formula is C13H11BrF3NO2. The summed E-state index contributed by atoms with van der Waals surface area (Å²) in [5, 5.41) is 19.2. The van der Waals surface area contributed by atoms with Crippen molar-refractivity contribution in [1.29, 1.82) is 0 Å². The number of fused-ring (bicyclic) bond motifs is 1. The van der Waals surface area contributed by atoms with Crippen LogP contribution in [0, 0.1) is 6.92 Å². The third kappa shape index (κ3) is 2.65. The highest BCUT2D eigenvalue weighted by Gasteiger charge is 2.32. The molecule has 0 unspecified atom stereocenters. The van der Waals surface area contributed by atoms with E-state index in [-0.39, 0.29) is 5.52 Å². The van der Waals surface area contributed by atoms with Crippen LogP contribution in [-0.2, 0) is 6.18 Å². The lowest BCUT2D eigenvalue weighted by atomic mass is 10.0. The van der Waals surface area contributed by atoms with E-state index in [1.54, 1.807) is 6.92 Å². The number of hydrogen-bond acceptors (Lipinski definition) is 3. The van der Waals surface area contributed by atoms with Crippen LogP contribution >= 0.6 is 15.9 Å². The van der Waals surface area contributed by atoms with E-state index in [0.717, 1.165) is 6.07 Å². The number of halogens is 4. The molecule has 7 heteroatoms. The molecule has 0 fully saturated rings. The summed E-state index contributed by atoms with van der Waals surface area (Å²) in [6, 6.07) is 3.64. The van der Waals surface area contributed by atoms with Crippen LogP contribution in [0.2, 0.25) is 0 Å². The molecule has 0 saturated carbocycles. The van der Waals surface area contributed by atoms with Crippen molar-refractivity contribution in [3.8, 4) is 0 Å². The van der Waals surface area contributed by atoms with Gasteiger partial charge >= 0.3 is 6.18 Å². The number of benzene rings is 1. The normalized spacial score (nSPS) is 13.8. The average Bonchev–Trinajstić information content (AvgIpc) is 2.36. The van der Waals surface area contributed by atoms with Gasteiger partial charge in [0, 0.05) is 15.4 Å². The van der Waals surface area contributed by atoms with Crippen molar-refractivity contribution < 1.29 is 23.4 Å². The van der Waals surface area contributed by atoms with Gasteiger partial charge in [-0.1, -0.05) is 0 Å². The van der Waals surface area contributed by atoms with Gasteiger partial charge in [-0.15, -0.1) is 0 Å². The molecule has 1 atom stereocenters. The van der Waals surface area contributed by atoms with Crippen LogP contribution in [0.3, 0.4) is 0 Å². The van der Waals surface area contributed by atoms with Crippen molar-refractivity contribution >= 4 is 26.8 Å². The molecule has 0 amide bonds. The Morgan fingerprint density at radius 1 is 1.35 bits per heavy atom. The highest BCUT2D eigenvalue weighted by molar-refractivity contribution is 9.10. The Kier molecular flexibility index (Phi) is 4.04. The maximum atomic E-state index is 12.6. The van der Waals surface area contributed by atoms with Crippen molar-refractivity contribution in [2.75, 3.05) is 6.61 Å². The molecule has 1 aromatic carbocycles. The fourth-order valence-electron chi connectivity index (χ4n) is 2.03. The first-order chi connectivity index (χ1) is 9.25. The summed E-state index contributed by atoms with van der Waals surface area (Å²) in [6.07, 6.45) is -5.60. The molecule has 0 bridgehead atoms. The summed E-state index contributed by atoms with van der Waals surface area (Å²) in [7, 11) is 0. The second kappa shape index (κ2) is 5.31. The van der Waals surface area contributed by atoms with Gasteiger partial charge in [-0.05, 0) is 46.6 Å². The van der Waals surface area contributed by atoms with Crippen molar-refractivity contribution in [3.63, 3.8) is 0 Å². The van der Waals surface area contributed by atoms with Crippen LogP contribution in [-0.4, -0.2) is 21.8 Å². The van der Waals surface area contributed by atoms with Crippen LogP contribution < -0.4 is 0 Å². The van der Waals surface area contributed by atoms with Gasteiger partial charge in [0.25, 0.3) is 0 Å². The number of alkyl halides is 3. The smallest absolute Gasteiger partial charge is 0.393 e. The van der Waals surface area contributed by atoms with Gasteiger partial charge in [0.1, 0.15) is 11.8 Å². The molecule has 0 radical (unpaired) electrons. The zero-order valence-corrected chi connectivity index (χ0v) is 12.0. The largest absolute Gasteiger partial charge is 0.433 e. The molecule has 0 saturated heterocycles. The van der Waals surface area contributed by atoms with E-state index >= 15 is 0 Å². The van der Waals surface area contributed by atoms with Crippen LogP contribution in [0.4, 0.5) is 13.2 Å². The maximum Gasteiger partial charge on any atom is 0.433 e. The summed E-state index contributed by atoms with van der Waals surface area (Å²) in [5.74, 6) is 0. The zero-order chi connectivity index (χ0) is 15.1. The summed E-state index contributed by atoms with van der Waals surface area (Å²) in [4.78, 5) is 3.60. The van der Waals surface area contributed by atoms with E-state index in [4.69, 9.17) is 5.11 Å². The lowest BCUT2D eigenvalue weighted by Gasteiger charge is -2.16. The third-order valence-electron chi connectivity index (χ3n) is 2.97. The lowest BCUT2D eigenvalue weighted by Crippen LogP contribution is -2.09. The third-order valence-corrected chi connectivity index (χ3v) is 3.83. The van der Waals surface area contributed by atoms with Crippen LogP contribution in [0.5, 0.6) is 0 Å². The Morgan fingerprint density at radius 2 is 2.00 bits per heavy atom. The predicted octanol–water partition coefficient (Wildman–Crippen LogP) is 3.35. The highest BCUT2D eigenvalue weighted by Crippen LogP contribution is 2.36. The van der Waals surface area contributed by atoms with Gasteiger partial charge in [-0.2, -0.15) is 13.2 Å². The van der Waals surface area contributed by atoms with E-state index in [1.807, 2.05) is 0 Å². The standard InChI is InChI=1S/C13H11BrF3NO2/c1-6-4-8-7(12(14)11(6)9(20)5-19)2-3-10(18-8)13(15,16)17/h2-4,9,19-20H,5H2,1H3/t9-/m1/s1. The summed E-state index contributed by atoms with van der Waals surface area (Å²) in [6.45, 7) is 1.17.